The van der Waals surface area contributed by atoms with Gasteiger partial charge in [0.15, 0.2) is 5.76 Å². The van der Waals surface area contributed by atoms with Gasteiger partial charge in [-0.05, 0) is 44.2 Å². The number of carboxylic acids is 1. The van der Waals surface area contributed by atoms with Crippen LogP contribution < -0.4 is 5.32 Å². The van der Waals surface area contributed by atoms with E-state index in [1.165, 1.54) is 6.26 Å². The maximum atomic E-state index is 12.5. The number of carbonyl (C=O) groups excluding carboxylic acids is 2. The molecule has 1 unspecified atom stereocenters. The highest BCUT2D eigenvalue weighted by Gasteiger charge is 2.33. The van der Waals surface area contributed by atoms with Gasteiger partial charge in [-0.1, -0.05) is 6.42 Å². The minimum Gasteiger partial charge on any atom is -0.481 e. The monoisotopic (exact) mass is 336 g/mol. The fourth-order valence-corrected chi connectivity index (χ4v) is 2.90. The van der Waals surface area contributed by atoms with Crippen LogP contribution in [-0.4, -0.2) is 46.9 Å². The van der Waals surface area contributed by atoms with Crippen LogP contribution in [0.25, 0.3) is 0 Å². The molecule has 0 spiro atoms. The van der Waals surface area contributed by atoms with E-state index < -0.39 is 12.0 Å². The maximum Gasteiger partial charge on any atom is 0.303 e. The van der Waals surface area contributed by atoms with E-state index in [1.807, 2.05) is 0 Å². The predicted molar refractivity (Wildman–Crippen MR) is 86.5 cm³/mol. The van der Waals surface area contributed by atoms with Crippen LogP contribution in [0.1, 0.15) is 55.5 Å². The topological polar surface area (TPSA) is 99.9 Å². The molecule has 2 N–H and O–H groups in total. The second-order valence-electron chi connectivity index (χ2n) is 5.98. The Hall–Kier alpha value is -2.31. The van der Waals surface area contributed by atoms with Gasteiger partial charge in [-0.15, -0.1) is 0 Å². The zero-order chi connectivity index (χ0) is 17.4. The summed E-state index contributed by atoms with van der Waals surface area (Å²) in [6, 6.07) is 2.80. The first-order chi connectivity index (χ1) is 11.6. The first-order valence-corrected chi connectivity index (χ1v) is 8.43. The highest BCUT2D eigenvalue weighted by atomic mass is 16.4. The van der Waals surface area contributed by atoms with Gasteiger partial charge in [0.2, 0.25) is 5.91 Å². The highest BCUT2D eigenvalue weighted by molar-refractivity contribution is 5.95. The second-order valence-corrected chi connectivity index (χ2v) is 5.98. The molecule has 0 bridgehead atoms. The van der Waals surface area contributed by atoms with Gasteiger partial charge in [0.25, 0.3) is 5.91 Å². The van der Waals surface area contributed by atoms with Crippen molar-refractivity contribution in [1.82, 2.24) is 10.2 Å². The molecule has 1 fully saturated rings. The molecule has 0 aromatic carbocycles. The average molecular weight is 336 g/mol. The summed E-state index contributed by atoms with van der Waals surface area (Å²) in [5, 5.41) is 11.4. The molecule has 1 saturated heterocycles. The summed E-state index contributed by atoms with van der Waals surface area (Å²) >= 11 is 0. The van der Waals surface area contributed by atoms with Gasteiger partial charge in [-0.3, -0.25) is 14.4 Å². The van der Waals surface area contributed by atoms with Crippen molar-refractivity contribution in [1.29, 1.82) is 0 Å². The van der Waals surface area contributed by atoms with Crippen LogP contribution in [0, 0.1) is 0 Å². The average Bonchev–Trinajstić information content (AvgIpc) is 3.11. The number of aliphatic carboxylic acids is 1. The van der Waals surface area contributed by atoms with Gasteiger partial charge in [0.1, 0.15) is 6.04 Å². The molecular weight excluding hydrogens is 312 g/mol. The zero-order valence-corrected chi connectivity index (χ0v) is 13.7. The number of likely N-dealkylation sites (tertiary alicyclic amines) is 1. The van der Waals surface area contributed by atoms with Crippen LogP contribution in [0.5, 0.6) is 0 Å². The summed E-state index contributed by atoms with van der Waals surface area (Å²) in [5.41, 5.74) is 0. The van der Waals surface area contributed by atoms with Crippen molar-refractivity contribution in [2.75, 3.05) is 13.1 Å². The third kappa shape index (κ3) is 5.11. The number of piperidine rings is 1. The summed E-state index contributed by atoms with van der Waals surface area (Å²) in [7, 11) is 0. The first kappa shape index (κ1) is 18.0. The molecule has 0 radical (unpaired) electrons. The molecule has 1 atom stereocenters. The van der Waals surface area contributed by atoms with Gasteiger partial charge >= 0.3 is 5.97 Å². The summed E-state index contributed by atoms with van der Waals surface area (Å²) in [6.45, 7) is 1.05. The van der Waals surface area contributed by atoms with Crippen LogP contribution in [0.4, 0.5) is 0 Å². The van der Waals surface area contributed by atoms with Gasteiger partial charge < -0.3 is 19.7 Å². The summed E-state index contributed by atoms with van der Waals surface area (Å²) in [6.07, 6.45) is 6.15. The first-order valence-electron chi connectivity index (χ1n) is 8.43. The van der Waals surface area contributed by atoms with E-state index in [1.54, 1.807) is 17.0 Å². The number of hydrogen-bond acceptors (Lipinski definition) is 4. The van der Waals surface area contributed by atoms with Gasteiger partial charge in [0, 0.05) is 19.5 Å². The lowest BCUT2D eigenvalue weighted by Crippen LogP contribution is -2.52. The number of carboxylic acid groups (broad SMARTS) is 1. The third-order valence-electron chi connectivity index (χ3n) is 4.16. The van der Waals surface area contributed by atoms with Crippen molar-refractivity contribution in [2.24, 2.45) is 0 Å². The van der Waals surface area contributed by atoms with Gasteiger partial charge in [0.05, 0.1) is 6.26 Å². The van der Waals surface area contributed by atoms with E-state index in [0.717, 1.165) is 25.7 Å². The van der Waals surface area contributed by atoms with Crippen molar-refractivity contribution in [3.8, 4) is 0 Å². The van der Waals surface area contributed by atoms with E-state index in [2.05, 4.69) is 5.32 Å². The van der Waals surface area contributed by atoms with Crippen LogP contribution in [0.2, 0.25) is 0 Å². The molecule has 24 heavy (non-hydrogen) atoms. The van der Waals surface area contributed by atoms with E-state index in [-0.39, 0.29) is 24.0 Å². The Morgan fingerprint density at radius 2 is 2.08 bits per heavy atom. The molecule has 1 aromatic rings. The van der Waals surface area contributed by atoms with Crippen molar-refractivity contribution in [3.63, 3.8) is 0 Å². The van der Waals surface area contributed by atoms with Crippen molar-refractivity contribution in [2.45, 2.75) is 51.0 Å². The fraction of sp³-hybridized carbons (Fsp3) is 0.588. The lowest BCUT2D eigenvalue weighted by molar-refractivity contribution is -0.137. The normalized spacial score (nSPS) is 17.5. The standard InChI is InChI=1S/C17H24N2O5/c20-15(21)9-2-1-4-10-18-16(22)13-7-3-5-11-19(13)17(23)14-8-6-12-24-14/h6,8,12-13H,1-5,7,9-11H2,(H,18,22)(H,20,21). The molecule has 2 rings (SSSR count). The molecule has 1 aliphatic rings. The molecule has 132 valence electrons. The lowest BCUT2D eigenvalue weighted by Gasteiger charge is -2.34. The minimum absolute atomic E-state index is 0.146. The van der Waals surface area contributed by atoms with Crippen molar-refractivity contribution >= 4 is 17.8 Å². The quantitative estimate of drug-likeness (QED) is 0.708. The van der Waals surface area contributed by atoms with Crippen molar-refractivity contribution in [3.05, 3.63) is 24.2 Å². The molecule has 7 heteroatoms. The lowest BCUT2D eigenvalue weighted by atomic mass is 10.0. The molecule has 0 saturated carbocycles. The fourth-order valence-electron chi connectivity index (χ4n) is 2.90. The van der Waals surface area contributed by atoms with Crippen molar-refractivity contribution < 1.29 is 23.9 Å². The number of nitrogens with one attached hydrogen (secondary N) is 1. The van der Waals surface area contributed by atoms with E-state index >= 15 is 0 Å². The number of unbranched alkanes of at least 4 members (excludes halogenated alkanes) is 2. The molecule has 1 aliphatic heterocycles. The van der Waals surface area contributed by atoms with E-state index in [0.29, 0.717) is 25.9 Å². The molecule has 7 nitrogen and oxygen atoms in total. The molecular formula is C17H24N2O5. The third-order valence-corrected chi connectivity index (χ3v) is 4.16. The summed E-state index contributed by atoms with van der Waals surface area (Å²) in [5.74, 6) is -0.939. The Morgan fingerprint density at radius 3 is 2.79 bits per heavy atom. The summed E-state index contributed by atoms with van der Waals surface area (Å²) < 4.78 is 5.15. The molecule has 2 heterocycles. The van der Waals surface area contributed by atoms with Crippen LogP contribution in [0.15, 0.2) is 22.8 Å². The Balaban J connectivity index is 1.80. The molecule has 2 amide bonds. The summed E-state index contributed by atoms with van der Waals surface area (Å²) in [4.78, 5) is 36.9. The second kappa shape index (κ2) is 9.10. The number of amides is 2. The molecule has 1 aromatic heterocycles. The van der Waals surface area contributed by atoms with Gasteiger partial charge in [-0.25, -0.2) is 0 Å². The smallest absolute Gasteiger partial charge is 0.303 e. The Bertz CT molecular complexity index is 555. The van der Waals surface area contributed by atoms with Gasteiger partial charge in [-0.2, -0.15) is 0 Å². The van der Waals surface area contributed by atoms with Crippen LogP contribution >= 0.6 is 0 Å². The van der Waals surface area contributed by atoms with Crippen LogP contribution in [-0.2, 0) is 9.59 Å². The SMILES string of the molecule is O=C(O)CCCCCNC(=O)C1CCCCN1C(=O)c1ccco1. The number of carbonyl (C=O) groups is 3. The Morgan fingerprint density at radius 1 is 1.25 bits per heavy atom. The van der Waals surface area contributed by atoms with E-state index in [4.69, 9.17) is 9.52 Å². The Labute approximate surface area is 141 Å². The predicted octanol–water partition coefficient (Wildman–Crippen LogP) is 2.04. The highest BCUT2D eigenvalue weighted by Crippen LogP contribution is 2.20. The van der Waals surface area contributed by atoms with E-state index in [9.17, 15) is 14.4 Å². The molecule has 0 aliphatic carbocycles. The Kier molecular flexibility index (Phi) is 6.84. The number of hydrogen-bond donors (Lipinski definition) is 2. The number of rotatable bonds is 8. The van der Waals surface area contributed by atoms with Crippen LogP contribution in [0.3, 0.4) is 0 Å². The minimum atomic E-state index is -0.798. The number of furan rings is 1. The zero-order valence-electron chi connectivity index (χ0n) is 13.7. The maximum absolute atomic E-state index is 12.5. The largest absolute Gasteiger partial charge is 0.481 e. The number of nitrogens with zero attached hydrogens (tertiary/aromatic N) is 1.